The van der Waals surface area contributed by atoms with E-state index in [2.05, 4.69) is 5.32 Å². The van der Waals surface area contributed by atoms with Gasteiger partial charge in [-0.3, -0.25) is 4.79 Å². The van der Waals surface area contributed by atoms with Crippen LogP contribution < -0.4 is 11.1 Å². The van der Waals surface area contributed by atoms with Crippen LogP contribution >= 0.6 is 0 Å². The molecular formula is C12H21N3O. The quantitative estimate of drug-likeness (QED) is 0.814. The molecule has 90 valence electrons. The van der Waals surface area contributed by atoms with Crippen LogP contribution in [0.1, 0.15) is 39.3 Å². The highest BCUT2D eigenvalue weighted by Gasteiger charge is 2.13. The Hall–Kier alpha value is -1.29. The van der Waals surface area contributed by atoms with Gasteiger partial charge in [0, 0.05) is 24.0 Å². The zero-order chi connectivity index (χ0) is 12.3. The molecule has 0 aliphatic heterocycles. The maximum atomic E-state index is 11.6. The Morgan fingerprint density at radius 2 is 2.19 bits per heavy atom. The van der Waals surface area contributed by atoms with Gasteiger partial charge >= 0.3 is 0 Å². The standard InChI is InChI=1S/C12H21N3O/c1-9(13)10-5-6-15(7-10)8-11(16)14-12(2,3)4/h5-7,9H,8,13H2,1-4H3,(H,14,16). The van der Waals surface area contributed by atoms with Gasteiger partial charge in [0.1, 0.15) is 6.54 Å². The van der Waals surface area contributed by atoms with Crippen LogP contribution in [0.15, 0.2) is 18.5 Å². The summed E-state index contributed by atoms with van der Waals surface area (Å²) in [7, 11) is 0. The molecule has 0 fully saturated rings. The van der Waals surface area contributed by atoms with E-state index >= 15 is 0 Å². The first-order valence-corrected chi connectivity index (χ1v) is 5.50. The summed E-state index contributed by atoms with van der Waals surface area (Å²) in [4.78, 5) is 11.6. The molecule has 0 bridgehead atoms. The van der Waals surface area contributed by atoms with E-state index in [9.17, 15) is 4.79 Å². The van der Waals surface area contributed by atoms with E-state index in [0.717, 1.165) is 5.56 Å². The van der Waals surface area contributed by atoms with Gasteiger partial charge < -0.3 is 15.6 Å². The Kier molecular flexibility index (Phi) is 3.75. The van der Waals surface area contributed by atoms with E-state index in [1.165, 1.54) is 0 Å². The Morgan fingerprint density at radius 1 is 1.56 bits per heavy atom. The second kappa shape index (κ2) is 4.70. The van der Waals surface area contributed by atoms with Gasteiger partial charge in [-0.25, -0.2) is 0 Å². The van der Waals surface area contributed by atoms with Crippen molar-refractivity contribution in [2.45, 2.75) is 45.8 Å². The Balaban J connectivity index is 2.57. The molecule has 0 saturated heterocycles. The number of hydrogen-bond acceptors (Lipinski definition) is 2. The Bertz CT molecular complexity index is 361. The van der Waals surface area contributed by atoms with Crippen molar-refractivity contribution in [1.82, 2.24) is 9.88 Å². The van der Waals surface area contributed by atoms with Crippen molar-refractivity contribution >= 4 is 5.91 Å². The Labute approximate surface area is 96.8 Å². The highest BCUT2D eigenvalue weighted by atomic mass is 16.2. The number of carbonyl (C=O) groups is 1. The summed E-state index contributed by atoms with van der Waals surface area (Å²) in [5.74, 6) is 0.0133. The van der Waals surface area contributed by atoms with Crippen LogP contribution in [-0.4, -0.2) is 16.0 Å². The summed E-state index contributed by atoms with van der Waals surface area (Å²) in [5, 5.41) is 2.92. The first-order chi connectivity index (χ1) is 7.28. The van der Waals surface area contributed by atoms with E-state index in [-0.39, 0.29) is 17.5 Å². The third kappa shape index (κ3) is 4.06. The molecule has 4 nitrogen and oxygen atoms in total. The molecule has 4 heteroatoms. The van der Waals surface area contributed by atoms with E-state index in [0.29, 0.717) is 6.54 Å². The molecule has 0 aromatic carbocycles. The molecule has 0 aliphatic carbocycles. The lowest BCUT2D eigenvalue weighted by Crippen LogP contribution is -2.42. The number of hydrogen-bond donors (Lipinski definition) is 2. The second-order valence-electron chi connectivity index (χ2n) is 5.20. The summed E-state index contributed by atoms with van der Waals surface area (Å²) < 4.78 is 1.85. The summed E-state index contributed by atoms with van der Waals surface area (Å²) in [5.41, 5.74) is 6.60. The molecule has 1 heterocycles. The number of carbonyl (C=O) groups excluding carboxylic acids is 1. The molecule has 0 radical (unpaired) electrons. The molecule has 0 saturated carbocycles. The first-order valence-electron chi connectivity index (χ1n) is 5.50. The van der Waals surface area contributed by atoms with Crippen LogP contribution in [0.2, 0.25) is 0 Å². The molecule has 1 unspecified atom stereocenters. The number of amides is 1. The molecule has 3 N–H and O–H groups in total. The fourth-order valence-electron chi connectivity index (χ4n) is 1.45. The molecule has 0 aliphatic rings. The third-order valence-corrected chi connectivity index (χ3v) is 2.14. The minimum Gasteiger partial charge on any atom is -0.350 e. The number of rotatable bonds is 3. The van der Waals surface area contributed by atoms with Gasteiger partial charge in [0.25, 0.3) is 0 Å². The van der Waals surface area contributed by atoms with Crippen molar-refractivity contribution in [2.24, 2.45) is 5.73 Å². The molecule has 1 rings (SSSR count). The van der Waals surface area contributed by atoms with Crippen LogP contribution in [0.4, 0.5) is 0 Å². The first kappa shape index (κ1) is 12.8. The minimum atomic E-state index is -0.186. The zero-order valence-electron chi connectivity index (χ0n) is 10.4. The van der Waals surface area contributed by atoms with Gasteiger partial charge in [-0.2, -0.15) is 0 Å². The minimum absolute atomic E-state index is 0.00641. The highest BCUT2D eigenvalue weighted by Crippen LogP contribution is 2.09. The van der Waals surface area contributed by atoms with Gasteiger partial charge in [0.2, 0.25) is 5.91 Å². The summed E-state index contributed by atoms with van der Waals surface area (Å²) >= 11 is 0. The molecule has 1 aromatic rings. The van der Waals surface area contributed by atoms with Crippen molar-refractivity contribution < 1.29 is 4.79 Å². The number of nitrogens with one attached hydrogen (secondary N) is 1. The van der Waals surface area contributed by atoms with E-state index in [1.807, 2.05) is 50.7 Å². The van der Waals surface area contributed by atoms with Gasteiger partial charge in [0.05, 0.1) is 0 Å². The maximum absolute atomic E-state index is 11.6. The molecular weight excluding hydrogens is 202 g/mol. The third-order valence-electron chi connectivity index (χ3n) is 2.14. The van der Waals surface area contributed by atoms with E-state index in [4.69, 9.17) is 5.73 Å². The predicted molar refractivity (Wildman–Crippen MR) is 64.9 cm³/mol. The maximum Gasteiger partial charge on any atom is 0.240 e. The van der Waals surface area contributed by atoms with Crippen LogP contribution in [0, 0.1) is 0 Å². The Morgan fingerprint density at radius 3 is 2.62 bits per heavy atom. The van der Waals surface area contributed by atoms with Crippen LogP contribution in [0.5, 0.6) is 0 Å². The molecule has 16 heavy (non-hydrogen) atoms. The fourth-order valence-corrected chi connectivity index (χ4v) is 1.45. The van der Waals surface area contributed by atoms with Crippen molar-refractivity contribution in [3.05, 3.63) is 24.0 Å². The molecule has 1 amide bonds. The monoisotopic (exact) mass is 223 g/mol. The number of aromatic nitrogens is 1. The van der Waals surface area contributed by atoms with Crippen molar-refractivity contribution in [2.75, 3.05) is 0 Å². The van der Waals surface area contributed by atoms with E-state index in [1.54, 1.807) is 0 Å². The lowest BCUT2D eigenvalue weighted by atomic mass is 10.1. The second-order valence-corrected chi connectivity index (χ2v) is 5.20. The lowest BCUT2D eigenvalue weighted by molar-refractivity contribution is -0.123. The van der Waals surface area contributed by atoms with Gasteiger partial charge in [-0.15, -0.1) is 0 Å². The summed E-state index contributed by atoms with van der Waals surface area (Å²) in [6.07, 6.45) is 3.79. The highest BCUT2D eigenvalue weighted by molar-refractivity contribution is 5.76. The normalized spacial score (nSPS) is 13.6. The summed E-state index contributed by atoms with van der Waals surface area (Å²) in [6.45, 7) is 8.16. The average molecular weight is 223 g/mol. The zero-order valence-corrected chi connectivity index (χ0v) is 10.4. The fraction of sp³-hybridized carbons (Fsp3) is 0.583. The van der Waals surface area contributed by atoms with Gasteiger partial charge in [-0.1, -0.05) is 0 Å². The average Bonchev–Trinajstić information content (AvgIpc) is 2.48. The smallest absolute Gasteiger partial charge is 0.240 e. The lowest BCUT2D eigenvalue weighted by Gasteiger charge is -2.20. The summed E-state index contributed by atoms with van der Waals surface area (Å²) in [6, 6.07) is 1.95. The largest absolute Gasteiger partial charge is 0.350 e. The number of nitrogens with two attached hydrogens (primary N) is 1. The van der Waals surface area contributed by atoms with Crippen molar-refractivity contribution in [3.63, 3.8) is 0 Å². The van der Waals surface area contributed by atoms with Crippen LogP contribution in [-0.2, 0) is 11.3 Å². The van der Waals surface area contributed by atoms with Crippen molar-refractivity contribution in [1.29, 1.82) is 0 Å². The SMILES string of the molecule is CC(N)c1ccn(CC(=O)NC(C)(C)C)c1. The number of nitrogens with zero attached hydrogens (tertiary/aromatic N) is 1. The topological polar surface area (TPSA) is 60.0 Å². The molecule has 1 aromatic heterocycles. The van der Waals surface area contributed by atoms with Crippen molar-refractivity contribution in [3.8, 4) is 0 Å². The molecule has 1 atom stereocenters. The van der Waals surface area contributed by atoms with Crippen LogP contribution in [0.25, 0.3) is 0 Å². The van der Waals surface area contributed by atoms with Gasteiger partial charge in [-0.05, 0) is 39.3 Å². The van der Waals surface area contributed by atoms with Crippen LogP contribution in [0.3, 0.4) is 0 Å². The predicted octanol–water partition coefficient (Wildman–Crippen LogP) is 1.42. The van der Waals surface area contributed by atoms with Gasteiger partial charge in [0.15, 0.2) is 0 Å². The molecule has 0 spiro atoms. The van der Waals surface area contributed by atoms with E-state index < -0.39 is 0 Å².